The fourth-order valence-corrected chi connectivity index (χ4v) is 18.2. The number of aromatic nitrogens is 10. The van der Waals surface area contributed by atoms with Gasteiger partial charge in [-0.3, -0.25) is 47.4 Å². The van der Waals surface area contributed by atoms with Gasteiger partial charge in [-0.1, -0.05) is 110 Å². The van der Waals surface area contributed by atoms with Crippen molar-refractivity contribution in [3.05, 3.63) is 358 Å². The van der Waals surface area contributed by atoms with Crippen molar-refractivity contribution in [3.63, 3.8) is 0 Å². The first-order valence-corrected chi connectivity index (χ1v) is 43.1. The molecule has 122 heavy (non-hydrogen) atoms. The lowest BCUT2D eigenvalue weighted by molar-refractivity contribution is 0.232. The first-order valence-electron chi connectivity index (χ1n) is 43.1. The number of nitrogens with zero attached hydrogens (tertiary/aromatic N) is 10. The van der Waals surface area contributed by atoms with E-state index in [1.165, 1.54) is 153 Å². The van der Waals surface area contributed by atoms with Gasteiger partial charge in [-0.25, -0.2) is 4.39 Å². The molecule has 18 nitrogen and oxygen atoms in total. The minimum absolute atomic E-state index is 0.0417. The molecule has 6 aromatic carbocycles. The second-order valence-electron chi connectivity index (χ2n) is 33.0. The highest BCUT2D eigenvalue weighted by atomic mass is 19.1. The lowest BCUT2D eigenvalue weighted by Crippen LogP contribution is -2.33. The highest BCUT2D eigenvalue weighted by Crippen LogP contribution is 2.37. The van der Waals surface area contributed by atoms with Crippen LogP contribution in [0.25, 0.3) is 77.6 Å². The second-order valence-corrected chi connectivity index (χ2v) is 33.0. The predicted molar refractivity (Wildman–Crippen MR) is 485 cm³/mol. The zero-order valence-corrected chi connectivity index (χ0v) is 70.4. The van der Waals surface area contributed by atoms with Gasteiger partial charge in [-0.05, 0) is 234 Å². The van der Waals surface area contributed by atoms with Crippen molar-refractivity contribution in [2.45, 2.75) is 156 Å². The van der Waals surface area contributed by atoms with Crippen LogP contribution in [0.15, 0.2) is 263 Å². The third-order valence-corrected chi connectivity index (χ3v) is 24.9. The van der Waals surface area contributed by atoms with Crippen LogP contribution >= 0.6 is 0 Å². The Morgan fingerprint density at radius 2 is 0.820 bits per heavy atom. The summed E-state index contributed by atoms with van der Waals surface area (Å²) in [6.07, 6.45) is 30.5. The van der Waals surface area contributed by atoms with Gasteiger partial charge in [0.2, 0.25) is 0 Å². The lowest BCUT2D eigenvalue weighted by Gasteiger charge is -2.24. The quantitative estimate of drug-likeness (QED) is 0.0973. The van der Waals surface area contributed by atoms with Crippen molar-refractivity contribution < 1.29 is 18.6 Å². The van der Waals surface area contributed by atoms with Gasteiger partial charge in [-0.15, -0.1) is 0 Å². The number of fused-ring (bicyclic) bond motifs is 12. The van der Waals surface area contributed by atoms with Crippen molar-refractivity contribution in [1.29, 1.82) is 0 Å². The molecular formula is C103H104FN11O7. The number of hydrogen-bond acceptors (Lipinski definition) is 10. The summed E-state index contributed by atoms with van der Waals surface area (Å²) in [6.45, 7) is 9.76. The van der Waals surface area contributed by atoms with Gasteiger partial charge < -0.3 is 37.8 Å². The highest BCUT2D eigenvalue weighted by Gasteiger charge is 2.24. The zero-order valence-electron chi connectivity index (χ0n) is 70.4. The summed E-state index contributed by atoms with van der Waals surface area (Å²) in [7, 11) is 6.43. The predicted octanol–water partition coefficient (Wildman–Crippen LogP) is 19.6. The van der Waals surface area contributed by atoms with E-state index in [-0.39, 0.29) is 28.8 Å². The minimum Gasteiger partial charge on any atom is -0.489 e. The Morgan fingerprint density at radius 3 is 1.25 bits per heavy atom. The average Bonchev–Trinajstić information content (AvgIpc) is 1.63. The van der Waals surface area contributed by atoms with Crippen LogP contribution in [0, 0.1) is 12.7 Å². The molecule has 0 fully saturated rings. The maximum atomic E-state index is 13.0. The third kappa shape index (κ3) is 17.7. The number of aromatic amines is 1. The van der Waals surface area contributed by atoms with E-state index in [1.54, 1.807) is 67.2 Å². The van der Waals surface area contributed by atoms with Gasteiger partial charge in [0.15, 0.2) is 0 Å². The monoisotopic (exact) mass is 1630 g/mol. The normalized spacial score (nSPS) is 14.0. The number of pyridine rings is 6. The van der Waals surface area contributed by atoms with Gasteiger partial charge in [0.1, 0.15) is 42.9 Å². The molecule has 0 saturated heterocycles. The van der Waals surface area contributed by atoms with Crippen LogP contribution in [-0.2, 0) is 92.3 Å². The maximum absolute atomic E-state index is 13.0. The number of ether oxygens (including phenoxy) is 3. The van der Waals surface area contributed by atoms with Crippen molar-refractivity contribution in [3.8, 4) is 51.3 Å². The molecule has 0 radical (unpaired) electrons. The molecule has 1 N–H and O–H groups in total. The van der Waals surface area contributed by atoms with E-state index in [0.29, 0.717) is 42.2 Å². The number of rotatable bonds is 15. The van der Waals surface area contributed by atoms with Gasteiger partial charge >= 0.3 is 0 Å². The molecule has 0 atom stereocenters. The molecule has 3 aliphatic carbocycles. The van der Waals surface area contributed by atoms with Crippen molar-refractivity contribution in [1.82, 2.24) is 51.8 Å². The Morgan fingerprint density at radius 1 is 0.393 bits per heavy atom. The standard InChI is InChI=1S/C27H29N3O2.C26H26N2O2.C25H24FN3O2.C25H25N3O/c1-19(2)29-13-11-24-23-9-8-21(16-26(23)28-25(24)12-14-29)30-15-10-22(17-27(30)31)32-18-20-6-4-3-5-7-20;1-27-24-11-7-3-6-10-22(24)23-13-12-20(16-25(23)27)28-15-14-21(17-26(28)29)30-18-19-8-4-2-5-9-19;1-28-23-6-4-2-3-5-21(23)22-10-9-19(13-24(22)28)29-12-11-20(14-25(29)30)31-16-18-8-7-17(26)15-27-18;1-17-8-11-22(26-16-17)18-12-13-28(25(29)14-18)19-9-10-21-20-6-4-3-5-7-23(20)27(2)24(21)15-19/h3-10,15-17,19,28H,11-14,18H2,1-2H3;2,4-5,8-9,12-17H,3,6-7,10-11,18H2,1H3;7-15H,2-6,16H2,1H3;8-16H,3-7H2,1-2H3. The molecule has 0 spiro atoms. The number of H-pyrrole nitrogens is 1. The topological polar surface area (TPSA) is 175 Å². The molecule has 620 valence electrons. The second kappa shape index (κ2) is 36.4. The van der Waals surface area contributed by atoms with E-state index in [2.05, 4.69) is 129 Å². The van der Waals surface area contributed by atoms with E-state index in [0.717, 1.165) is 127 Å². The molecule has 20 rings (SSSR count). The third-order valence-electron chi connectivity index (χ3n) is 24.9. The van der Waals surface area contributed by atoms with E-state index in [4.69, 9.17) is 14.2 Å². The molecule has 16 aromatic rings. The van der Waals surface area contributed by atoms with Gasteiger partial charge in [0, 0.05) is 157 Å². The average molecular weight is 1630 g/mol. The molecule has 0 unspecified atom stereocenters. The zero-order chi connectivity index (χ0) is 83.9. The number of halogens is 1. The number of aryl methyl sites for hydroxylation is 7. The van der Waals surface area contributed by atoms with Crippen LogP contribution in [-0.4, -0.2) is 71.0 Å². The molecule has 0 amide bonds. The molecular weight excluding hydrogens is 1520 g/mol. The summed E-state index contributed by atoms with van der Waals surface area (Å²) in [5.41, 5.74) is 24.8. The molecule has 11 heterocycles. The molecule has 0 bridgehead atoms. The Balaban J connectivity index is 0.000000116. The fraction of sp³-hybridized carbons (Fsp3) is 0.282. The molecule has 0 saturated carbocycles. The first-order chi connectivity index (χ1) is 59.5. The van der Waals surface area contributed by atoms with Crippen LogP contribution in [0.2, 0.25) is 0 Å². The Bertz CT molecular complexity index is 6720. The Kier molecular flexibility index (Phi) is 24.3. The summed E-state index contributed by atoms with van der Waals surface area (Å²) < 4.78 is 43.9. The summed E-state index contributed by atoms with van der Waals surface area (Å²) in [4.78, 5) is 65.8. The van der Waals surface area contributed by atoms with Crippen molar-refractivity contribution in [2.75, 3.05) is 13.1 Å². The van der Waals surface area contributed by atoms with Gasteiger partial charge in [0.25, 0.3) is 22.2 Å². The SMILES string of the molecule is CC(C)N1CCc2[nH]c3cc(-n4ccc(OCc5ccccc5)cc4=O)ccc3c2CC1.Cc1ccc(-c2ccn(-c3ccc4c5c(n(C)c4c3)CCCCC5)c(=O)c2)nc1.Cn1c2c(c3ccc(-n4ccc(OCc5ccc(F)cn5)cc4=O)cc31)CCCCC2.Cn1c2c(c3ccc(-n4ccc(OCc5ccccc5)cc4=O)cc31)CCCCC2. The van der Waals surface area contributed by atoms with E-state index < -0.39 is 5.82 Å². The van der Waals surface area contributed by atoms with E-state index in [9.17, 15) is 23.6 Å². The summed E-state index contributed by atoms with van der Waals surface area (Å²) >= 11 is 0. The number of hydrogen-bond donors (Lipinski definition) is 1. The van der Waals surface area contributed by atoms with Crippen LogP contribution in [0.5, 0.6) is 17.2 Å². The summed E-state index contributed by atoms with van der Waals surface area (Å²) in [6, 6.07) is 66.3. The highest BCUT2D eigenvalue weighted by molar-refractivity contribution is 5.90. The fourth-order valence-electron chi connectivity index (χ4n) is 18.2. The largest absolute Gasteiger partial charge is 0.489 e. The number of nitrogens with one attached hydrogen (secondary N) is 1. The molecule has 19 heteroatoms. The van der Waals surface area contributed by atoms with Crippen molar-refractivity contribution in [2.24, 2.45) is 21.1 Å². The Labute approximate surface area is 709 Å². The van der Waals surface area contributed by atoms with Crippen LogP contribution in [0.3, 0.4) is 0 Å². The molecule has 10 aromatic heterocycles. The van der Waals surface area contributed by atoms with E-state index >= 15 is 0 Å². The summed E-state index contributed by atoms with van der Waals surface area (Å²) in [5, 5.41) is 5.23. The minimum atomic E-state index is -0.391. The molecule has 4 aliphatic rings. The van der Waals surface area contributed by atoms with Gasteiger partial charge in [0.05, 0.1) is 56.9 Å². The first kappa shape index (κ1) is 81.2. The van der Waals surface area contributed by atoms with Crippen molar-refractivity contribution >= 4 is 43.6 Å². The Hall–Kier alpha value is -13.1. The summed E-state index contributed by atoms with van der Waals surface area (Å²) in [5.74, 6) is 1.24. The van der Waals surface area contributed by atoms with Crippen LogP contribution in [0.1, 0.15) is 139 Å². The smallest absolute Gasteiger partial charge is 0.258 e. The number of benzene rings is 6. The van der Waals surface area contributed by atoms with Gasteiger partial charge in [-0.2, -0.15) is 0 Å². The van der Waals surface area contributed by atoms with E-state index in [1.807, 2.05) is 122 Å². The van der Waals surface area contributed by atoms with Crippen LogP contribution < -0.4 is 36.4 Å². The lowest BCUT2D eigenvalue weighted by atomic mass is 10.1. The maximum Gasteiger partial charge on any atom is 0.258 e. The van der Waals surface area contributed by atoms with Crippen LogP contribution in [0.4, 0.5) is 4.39 Å². The molecule has 1 aliphatic heterocycles.